The molecular weight excluding hydrogens is 1490 g/mol. The van der Waals surface area contributed by atoms with Crippen LogP contribution >= 0.6 is 0 Å². The molecule has 0 bridgehead atoms. The Kier molecular flexibility index (Phi) is 81.9. The molecule has 0 aliphatic carbocycles. The fraction of sp³-hybridized carbons (Fsp3) is 0.306. The first-order chi connectivity index (χ1) is 55.8. The van der Waals surface area contributed by atoms with E-state index in [2.05, 4.69) is 352 Å². The molecule has 0 aliphatic heterocycles. The maximum absolute atomic E-state index is 4.10. The van der Waals surface area contributed by atoms with E-state index in [1.807, 2.05) is 216 Å². The summed E-state index contributed by atoms with van der Waals surface area (Å²) in [5.41, 5.74) is 24.8. The number of rotatable bonds is 10. The molecule has 1 heterocycles. The molecule has 0 unspecified atom stereocenters. The van der Waals surface area contributed by atoms with E-state index < -0.39 is 0 Å². The minimum absolute atomic E-state index is 0. The second kappa shape index (κ2) is 81.2. The Bertz CT molecular complexity index is 3670. The molecule has 12 aromatic carbocycles. The zero-order chi connectivity index (χ0) is 87.4. The van der Waals surface area contributed by atoms with E-state index in [0.717, 1.165) is 6.54 Å². The van der Waals surface area contributed by atoms with Crippen LogP contribution in [0.5, 0.6) is 0 Å². The van der Waals surface area contributed by atoms with E-state index in [4.69, 9.17) is 0 Å². The zero-order valence-electron chi connectivity index (χ0n) is 78.0. The van der Waals surface area contributed by atoms with E-state index in [9.17, 15) is 0 Å². The van der Waals surface area contributed by atoms with Gasteiger partial charge in [-0.15, -0.1) is 83.6 Å². The second-order valence-electron chi connectivity index (χ2n) is 24.7. The summed E-state index contributed by atoms with van der Waals surface area (Å²) in [6, 6.07) is 112. The SMILES string of the molecule is C.CC.CC.CC.CC.CC.CC.CC.CC.CCNc1nc(C)nc(NC)n1.Cc1ccc(C(c2ccc(C)cc2)c2ccc(C)cc2)cc1.Cc1ccc([CH-]c2ccc(C)cc2)cc1.Cc1ccc([CH-]c2ccc(C)cc2)cc1.Cc1ccccc1.Cc1ccccc1.Cc1ccccc1.Cc1ccccc1.Cc1ccccc1.[Y]. The van der Waals surface area contributed by atoms with Gasteiger partial charge in [0.1, 0.15) is 5.82 Å². The minimum atomic E-state index is 0. The van der Waals surface area contributed by atoms with Crippen LogP contribution in [0.1, 0.15) is 243 Å². The number of hydrogen-bond acceptors (Lipinski definition) is 5. The summed E-state index contributed by atoms with van der Waals surface area (Å²) in [5.74, 6) is 2.22. The third-order valence-corrected chi connectivity index (χ3v) is 15.2. The molecule has 0 saturated heterocycles. The van der Waals surface area contributed by atoms with Crippen LogP contribution < -0.4 is 10.6 Å². The molecule has 0 saturated carbocycles. The molecule has 6 heteroatoms. The van der Waals surface area contributed by atoms with Crippen LogP contribution in [0.3, 0.4) is 0 Å². The molecule has 0 atom stereocenters. The zero-order valence-corrected chi connectivity index (χ0v) is 80.8. The van der Waals surface area contributed by atoms with Crippen molar-refractivity contribution in [3.05, 3.63) is 446 Å². The Morgan fingerprint density at radius 3 is 0.547 bits per heavy atom. The van der Waals surface area contributed by atoms with Crippen molar-refractivity contribution in [2.24, 2.45) is 0 Å². The standard InChI is InChI=1S/C22H22.2C15H15.C7H13N5.5C7H8.8C2H6.CH4.Y/c1-16-4-10-19(11-5-16)22(20-12-6-17(2)7-13-20)21-14-8-18(3)9-15-21;2*1-12-3-7-14(8-4-12)11-15-9-5-13(2)6-10-15;1-4-9-7-11-5(2)10-6(8-3)12-7;5*1-7-5-3-2-4-6-7;8*1-2;;/h4-15,22H,1-3H3;2*3-11H,1-2H3;4H2,1-3H3,(H2,8,9,10,11,12);5*2-6H,1H3;8*1-2H3;1H4;/q;2*-1;;;;;;;;;;;;;;;;. The first kappa shape index (κ1) is 118. The maximum atomic E-state index is 4.10. The molecule has 13 rings (SSSR count). The molecule has 0 aliphatic rings. The minimum Gasteiger partial charge on any atom is -0.357 e. The van der Waals surface area contributed by atoms with Crippen molar-refractivity contribution in [2.45, 2.75) is 221 Å². The van der Waals surface area contributed by atoms with E-state index >= 15 is 0 Å². The van der Waals surface area contributed by atoms with E-state index in [1.165, 1.54) is 106 Å². The van der Waals surface area contributed by atoms with Crippen LogP contribution in [0.4, 0.5) is 11.9 Å². The number of nitrogens with zero attached hydrogens (tertiary/aromatic N) is 3. The number of anilines is 2. The van der Waals surface area contributed by atoms with Gasteiger partial charge in [-0.05, 0) is 114 Å². The Morgan fingerprint density at radius 2 is 0.393 bits per heavy atom. The quantitative estimate of drug-likeness (QED) is 0.106. The summed E-state index contributed by atoms with van der Waals surface area (Å²) in [6.45, 7) is 61.9. The normalized spacial score (nSPS) is 8.62. The predicted octanol–water partition coefficient (Wildman–Crippen LogP) is 33.1. The average Bonchev–Trinajstić information content (AvgIpc) is 0.808. The molecule has 0 amide bonds. The van der Waals surface area contributed by atoms with Crippen LogP contribution in [-0.2, 0) is 32.7 Å². The fourth-order valence-corrected chi connectivity index (χ4v) is 9.39. The average molecular weight is 1650 g/mol. The van der Waals surface area contributed by atoms with Crippen molar-refractivity contribution in [3.63, 3.8) is 0 Å². The number of nitrogens with one attached hydrogen (secondary N) is 2. The van der Waals surface area contributed by atoms with E-state index in [0.29, 0.717) is 23.6 Å². The van der Waals surface area contributed by atoms with Crippen molar-refractivity contribution in [1.29, 1.82) is 0 Å². The molecule has 1 aromatic heterocycles. The first-order valence-corrected chi connectivity index (χ1v) is 42.2. The Morgan fingerprint density at radius 1 is 0.231 bits per heavy atom. The molecule has 631 valence electrons. The van der Waals surface area contributed by atoms with Gasteiger partial charge >= 0.3 is 0 Å². The van der Waals surface area contributed by atoms with Crippen molar-refractivity contribution in [2.75, 3.05) is 24.2 Å². The molecule has 13 aromatic rings. The van der Waals surface area contributed by atoms with Crippen molar-refractivity contribution in [1.82, 2.24) is 15.0 Å². The number of benzene rings is 12. The van der Waals surface area contributed by atoms with E-state index in [1.54, 1.807) is 7.05 Å². The van der Waals surface area contributed by atoms with Gasteiger partial charge in [-0.25, -0.2) is 0 Å². The number of aromatic nitrogens is 3. The van der Waals surface area contributed by atoms with Crippen LogP contribution in [0.25, 0.3) is 0 Å². The van der Waals surface area contributed by atoms with Crippen LogP contribution in [0, 0.1) is 103 Å². The first-order valence-electron chi connectivity index (χ1n) is 42.2. The second-order valence-corrected chi connectivity index (χ2v) is 24.7. The summed E-state index contributed by atoms with van der Waals surface area (Å²) in [6.07, 6.45) is 4.39. The number of hydrogen-bond donors (Lipinski definition) is 2. The van der Waals surface area contributed by atoms with Gasteiger partial charge in [-0.1, -0.05) is 458 Å². The van der Waals surface area contributed by atoms with Crippen molar-refractivity contribution >= 4 is 11.9 Å². The fourth-order valence-electron chi connectivity index (χ4n) is 9.39. The topological polar surface area (TPSA) is 62.7 Å². The van der Waals surface area contributed by atoms with Crippen LogP contribution in [-0.4, -0.2) is 28.5 Å². The third-order valence-electron chi connectivity index (χ3n) is 15.2. The number of aryl methyl sites for hydroxylation is 13. The van der Waals surface area contributed by atoms with Gasteiger partial charge in [0, 0.05) is 52.2 Å². The summed E-state index contributed by atoms with van der Waals surface area (Å²) >= 11 is 0. The summed E-state index contributed by atoms with van der Waals surface area (Å²) < 4.78 is 0. The van der Waals surface area contributed by atoms with Crippen molar-refractivity contribution < 1.29 is 32.7 Å². The summed E-state index contributed by atoms with van der Waals surface area (Å²) in [7, 11) is 1.78. The molecule has 0 fully saturated rings. The molecule has 117 heavy (non-hydrogen) atoms. The summed E-state index contributed by atoms with van der Waals surface area (Å²) in [4.78, 5) is 12.3. The monoisotopic (exact) mass is 1650 g/mol. The predicted molar refractivity (Wildman–Crippen MR) is 526 cm³/mol. The van der Waals surface area contributed by atoms with E-state index in [-0.39, 0.29) is 40.1 Å². The Labute approximate surface area is 744 Å². The maximum Gasteiger partial charge on any atom is 0.227 e. The molecule has 0 spiro atoms. The van der Waals surface area contributed by atoms with Crippen molar-refractivity contribution in [3.8, 4) is 0 Å². The molecule has 2 N–H and O–H groups in total. The summed E-state index contributed by atoms with van der Waals surface area (Å²) in [5, 5.41) is 5.89. The van der Waals surface area contributed by atoms with Gasteiger partial charge in [0.25, 0.3) is 0 Å². The molecule has 5 nitrogen and oxygen atoms in total. The van der Waals surface area contributed by atoms with Gasteiger partial charge in [-0.3, -0.25) is 0 Å². The van der Waals surface area contributed by atoms with Gasteiger partial charge in [0.05, 0.1) is 0 Å². The van der Waals surface area contributed by atoms with Gasteiger partial charge in [-0.2, -0.15) is 15.0 Å². The smallest absolute Gasteiger partial charge is 0.227 e. The van der Waals surface area contributed by atoms with Gasteiger partial charge in [0.2, 0.25) is 11.9 Å². The van der Waals surface area contributed by atoms with Crippen LogP contribution in [0.2, 0.25) is 0 Å². The molecule has 1 radical (unpaired) electrons. The van der Waals surface area contributed by atoms with Gasteiger partial charge < -0.3 is 10.6 Å². The molecular formula is C111H157N5Y-2. The largest absolute Gasteiger partial charge is 0.357 e. The van der Waals surface area contributed by atoms with Gasteiger partial charge in [0.15, 0.2) is 0 Å². The Balaban J connectivity index is -0.000000296. The van der Waals surface area contributed by atoms with Crippen LogP contribution in [0.15, 0.2) is 322 Å². The third kappa shape index (κ3) is 61.2. The Hall–Kier alpha value is -9.91.